The first-order chi connectivity index (χ1) is 14.1. The second kappa shape index (κ2) is 8.65. The van der Waals surface area contributed by atoms with Crippen molar-refractivity contribution in [3.05, 3.63) is 76.2 Å². The van der Waals surface area contributed by atoms with Gasteiger partial charge in [0.25, 0.3) is 0 Å². The molecule has 2 N–H and O–H groups in total. The third-order valence-corrected chi connectivity index (χ3v) is 6.07. The zero-order valence-electron chi connectivity index (χ0n) is 16.0. The third-order valence-electron chi connectivity index (χ3n) is 5.06. The fraction of sp³-hybridized carbons (Fsp3) is 0.273. The quantitative estimate of drug-likeness (QED) is 0.505. The van der Waals surface area contributed by atoms with Gasteiger partial charge < -0.3 is 19.7 Å². The lowest BCUT2D eigenvalue weighted by Crippen LogP contribution is -2.30. The summed E-state index contributed by atoms with van der Waals surface area (Å²) in [6.07, 6.45) is 2.41. The number of benzene rings is 1. The molecule has 4 rings (SSSR count). The van der Waals surface area contributed by atoms with Crippen LogP contribution in [-0.2, 0) is 0 Å². The van der Waals surface area contributed by atoms with Gasteiger partial charge >= 0.3 is 0 Å². The predicted octanol–water partition coefficient (Wildman–Crippen LogP) is 4.77. The van der Waals surface area contributed by atoms with Gasteiger partial charge in [-0.25, -0.2) is 0 Å². The molecule has 29 heavy (non-hydrogen) atoms. The van der Waals surface area contributed by atoms with Gasteiger partial charge in [-0.05, 0) is 67.5 Å². The number of aryl methyl sites for hydroxylation is 1. The average Bonchev–Trinajstić information content (AvgIpc) is 3.31. The zero-order valence-corrected chi connectivity index (χ0v) is 18.4. The molecule has 2 unspecified atom stereocenters. The first kappa shape index (κ1) is 20.1. The molecule has 3 aromatic rings. The van der Waals surface area contributed by atoms with Gasteiger partial charge in [0.1, 0.15) is 17.6 Å². The third kappa shape index (κ3) is 4.08. The van der Waals surface area contributed by atoms with E-state index in [-0.39, 0.29) is 18.7 Å². The zero-order chi connectivity index (χ0) is 20.4. The van der Waals surface area contributed by atoms with E-state index in [9.17, 15) is 5.11 Å². The molecule has 0 radical (unpaired) electrons. The van der Waals surface area contributed by atoms with E-state index in [0.29, 0.717) is 18.1 Å². The van der Waals surface area contributed by atoms with E-state index in [1.54, 1.807) is 6.20 Å². The largest absolute Gasteiger partial charge is 0.459 e. The molecular formula is C22H22BrN3O2S. The van der Waals surface area contributed by atoms with Crippen molar-refractivity contribution in [3.63, 3.8) is 0 Å². The Hall–Kier alpha value is -2.22. The summed E-state index contributed by atoms with van der Waals surface area (Å²) >= 11 is 9.24. The van der Waals surface area contributed by atoms with Crippen molar-refractivity contribution >= 4 is 33.3 Å². The Kier molecular flexibility index (Phi) is 5.99. The minimum absolute atomic E-state index is 0.111. The minimum atomic E-state index is -0.137. The number of nitrogens with one attached hydrogen (secondary N) is 1. The number of aromatic nitrogens is 1. The number of thiocarbonyl (C=S) groups is 1. The summed E-state index contributed by atoms with van der Waals surface area (Å²) < 4.78 is 7.32. The average molecular weight is 472 g/mol. The van der Waals surface area contributed by atoms with Crippen molar-refractivity contribution in [1.82, 2.24) is 15.2 Å². The monoisotopic (exact) mass is 471 g/mol. The molecule has 7 heteroatoms. The summed E-state index contributed by atoms with van der Waals surface area (Å²) in [6, 6.07) is 15.8. The number of hydrogen-bond donors (Lipinski definition) is 2. The molecule has 5 nitrogen and oxygen atoms in total. The summed E-state index contributed by atoms with van der Waals surface area (Å²) in [7, 11) is 0. The summed E-state index contributed by atoms with van der Waals surface area (Å²) in [4.78, 5) is 6.61. The van der Waals surface area contributed by atoms with Gasteiger partial charge in [0, 0.05) is 29.4 Å². The van der Waals surface area contributed by atoms with Gasteiger partial charge in [-0.1, -0.05) is 28.1 Å². The van der Waals surface area contributed by atoms with Crippen LogP contribution in [0.3, 0.4) is 0 Å². The Bertz CT molecular complexity index is 1010. The maximum atomic E-state index is 9.33. The van der Waals surface area contributed by atoms with E-state index in [1.165, 1.54) is 5.56 Å². The number of rotatable bonds is 6. The number of pyridine rings is 1. The van der Waals surface area contributed by atoms with E-state index < -0.39 is 0 Å². The van der Waals surface area contributed by atoms with Crippen LogP contribution in [0.15, 0.2) is 63.6 Å². The number of halogens is 1. The van der Waals surface area contributed by atoms with Crippen LogP contribution in [0.1, 0.15) is 35.5 Å². The van der Waals surface area contributed by atoms with Gasteiger partial charge in [0.05, 0.1) is 11.7 Å². The lowest BCUT2D eigenvalue weighted by molar-refractivity contribution is 0.233. The second-order valence-electron chi connectivity index (χ2n) is 7.08. The van der Waals surface area contributed by atoms with E-state index in [0.717, 1.165) is 27.3 Å². The highest BCUT2D eigenvalue weighted by molar-refractivity contribution is 9.10. The number of furan rings is 1. The Morgan fingerprint density at radius 1 is 1.24 bits per heavy atom. The van der Waals surface area contributed by atoms with Crippen LogP contribution in [0.2, 0.25) is 0 Å². The lowest BCUT2D eigenvalue weighted by atomic mass is 10.0. The molecule has 150 valence electrons. The van der Waals surface area contributed by atoms with Gasteiger partial charge in [-0.2, -0.15) is 0 Å². The summed E-state index contributed by atoms with van der Waals surface area (Å²) in [5, 5.41) is 13.4. The predicted molar refractivity (Wildman–Crippen MR) is 120 cm³/mol. The highest BCUT2D eigenvalue weighted by Gasteiger charge is 2.41. The van der Waals surface area contributed by atoms with Crippen molar-refractivity contribution in [2.75, 3.05) is 13.2 Å². The molecular weight excluding hydrogens is 450 g/mol. The van der Waals surface area contributed by atoms with Crippen molar-refractivity contribution in [1.29, 1.82) is 0 Å². The molecule has 1 aliphatic heterocycles. The molecule has 2 aromatic heterocycles. The van der Waals surface area contributed by atoms with E-state index in [1.807, 2.05) is 30.3 Å². The maximum Gasteiger partial charge on any atom is 0.170 e. The number of aliphatic hydroxyl groups excluding tert-OH is 1. The van der Waals surface area contributed by atoms with Crippen molar-refractivity contribution in [2.45, 2.75) is 25.4 Å². The fourth-order valence-electron chi connectivity index (χ4n) is 3.67. The van der Waals surface area contributed by atoms with Crippen LogP contribution in [-0.4, -0.2) is 33.3 Å². The Balaban J connectivity index is 1.72. The second-order valence-corrected chi connectivity index (χ2v) is 8.32. The normalized spacial score (nSPS) is 18.9. The molecule has 1 fully saturated rings. The minimum Gasteiger partial charge on any atom is -0.459 e. The van der Waals surface area contributed by atoms with Gasteiger partial charge in [-0.3, -0.25) is 4.98 Å². The molecule has 1 aromatic carbocycles. The van der Waals surface area contributed by atoms with Crippen molar-refractivity contribution in [2.24, 2.45) is 0 Å². The van der Waals surface area contributed by atoms with Gasteiger partial charge in [0.15, 0.2) is 5.11 Å². The molecule has 0 aliphatic carbocycles. The van der Waals surface area contributed by atoms with Gasteiger partial charge in [0.2, 0.25) is 0 Å². The molecule has 1 aliphatic rings. The number of hydrogen-bond acceptors (Lipinski definition) is 4. The maximum absolute atomic E-state index is 9.33. The van der Waals surface area contributed by atoms with Crippen molar-refractivity contribution < 1.29 is 9.52 Å². The summed E-state index contributed by atoms with van der Waals surface area (Å²) in [5.41, 5.74) is 3.09. The smallest absolute Gasteiger partial charge is 0.170 e. The highest BCUT2D eigenvalue weighted by atomic mass is 79.9. The molecule has 0 saturated carbocycles. The standard InChI is InChI=1S/C22H22BrN3O2S/c1-14-6-7-15(16(23)13-14)18-8-9-19(28-18)21-20(17-5-2-3-10-24-17)25-22(29)26(21)11-4-12-27/h2-3,5-10,13,20-21,27H,4,11-12H2,1H3,(H,25,29). The Morgan fingerprint density at radius 3 is 2.83 bits per heavy atom. The molecule has 2 atom stereocenters. The van der Waals surface area contributed by atoms with Crippen LogP contribution in [0.25, 0.3) is 11.3 Å². The number of aliphatic hydroxyl groups is 1. The SMILES string of the molecule is Cc1ccc(-c2ccc(C3C(c4ccccn4)NC(=S)N3CCCO)o2)c(Br)c1. The lowest BCUT2D eigenvalue weighted by Gasteiger charge is -2.25. The number of nitrogens with zero attached hydrogens (tertiary/aromatic N) is 2. The first-order valence-electron chi connectivity index (χ1n) is 9.53. The summed E-state index contributed by atoms with van der Waals surface area (Å²) in [5.74, 6) is 1.61. The van der Waals surface area contributed by atoms with Crippen LogP contribution < -0.4 is 5.32 Å². The topological polar surface area (TPSA) is 61.5 Å². The van der Waals surface area contributed by atoms with E-state index in [2.05, 4.69) is 56.3 Å². The van der Waals surface area contributed by atoms with Crippen LogP contribution in [0, 0.1) is 6.92 Å². The van der Waals surface area contributed by atoms with E-state index >= 15 is 0 Å². The fourth-order valence-corrected chi connectivity index (χ4v) is 4.69. The first-order valence-corrected chi connectivity index (χ1v) is 10.7. The van der Waals surface area contributed by atoms with Crippen LogP contribution >= 0.6 is 28.1 Å². The Morgan fingerprint density at radius 2 is 2.10 bits per heavy atom. The molecule has 0 amide bonds. The highest BCUT2D eigenvalue weighted by Crippen LogP contribution is 2.41. The van der Waals surface area contributed by atoms with E-state index in [4.69, 9.17) is 16.6 Å². The molecule has 1 saturated heterocycles. The van der Waals surface area contributed by atoms with Crippen molar-refractivity contribution in [3.8, 4) is 11.3 Å². The summed E-state index contributed by atoms with van der Waals surface area (Å²) in [6.45, 7) is 2.81. The Labute approximate surface area is 183 Å². The molecule has 0 bridgehead atoms. The molecule has 3 heterocycles. The van der Waals surface area contributed by atoms with Gasteiger partial charge in [-0.15, -0.1) is 0 Å². The molecule has 0 spiro atoms. The van der Waals surface area contributed by atoms with Crippen LogP contribution in [0.5, 0.6) is 0 Å². The van der Waals surface area contributed by atoms with Crippen LogP contribution in [0.4, 0.5) is 0 Å².